The Morgan fingerprint density at radius 3 is 1.36 bits per heavy atom. The summed E-state index contributed by atoms with van der Waals surface area (Å²) in [5, 5.41) is 2.94. The molecule has 11 heavy (non-hydrogen) atoms. The minimum atomic E-state index is -1.98. The van der Waals surface area contributed by atoms with Crippen molar-refractivity contribution in [3.8, 4) is 0 Å². The average molecular weight is 197 g/mol. The third kappa shape index (κ3) is 10.4. The molecule has 0 saturated carbocycles. The van der Waals surface area contributed by atoms with Gasteiger partial charge in [-0.05, 0) is 26.7 Å². The largest absolute Gasteiger partial charge is 0.323 e. The van der Waals surface area contributed by atoms with Crippen LogP contribution in [0.15, 0.2) is 0 Å². The maximum absolute atomic E-state index is 11.1. The van der Waals surface area contributed by atoms with Crippen LogP contribution in [0.1, 0.15) is 0 Å². The molecule has 0 aromatic rings. The van der Waals surface area contributed by atoms with Crippen molar-refractivity contribution in [2.24, 2.45) is 0 Å². The van der Waals surface area contributed by atoms with E-state index in [0.29, 0.717) is 12.6 Å². The van der Waals surface area contributed by atoms with Gasteiger partial charge in [-0.25, -0.2) is 0 Å². The van der Waals surface area contributed by atoms with Gasteiger partial charge in [0.2, 0.25) is 0 Å². The van der Waals surface area contributed by atoms with E-state index in [9.17, 15) is 9.13 Å². The van der Waals surface area contributed by atoms with Gasteiger partial charge in [0, 0.05) is 12.6 Å². The third-order valence-corrected chi connectivity index (χ3v) is 2.96. The van der Waals surface area contributed by atoms with Crippen molar-refractivity contribution in [3.05, 3.63) is 0 Å². The molecule has 0 aromatic heterocycles. The predicted octanol–water partition coefficient (Wildman–Crippen LogP) is 1.74. The molecule has 0 fully saturated rings. The molecule has 0 amide bonds. The maximum atomic E-state index is 11.1. The van der Waals surface area contributed by atoms with E-state index >= 15 is 0 Å². The molecule has 0 aliphatic rings. The number of hydrogen-bond acceptors (Lipinski definition) is 3. The maximum Gasteiger partial charge on any atom is 0.0949 e. The summed E-state index contributed by atoms with van der Waals surface area (Å²) in [5.41, 5.74) is 0. The Morgan fingerprint density at radius 2 is 1.18 bits per heavy atom. The zero-order valence-electron chi connectivity index (χ0n) is 7.63. The van der Waals surface area contributed by atoms with Crippen LogP contribution in [0.5, 0.6) is 0 Å². The molecule has 5 heteroatoms. The van der Waals surface area contributed by atoms with Crippen LogP contribution in [0.2, 0.25) is 0 Å². The standard InChI is InChI=1S/C6H17NO2P2/c1-10(2,8)5-7-6-11(3,4)9/h7H,5-6H2,1-4H3. The molecule has 0 heterocycles. The predicted molar refractivity (Wildman–Crippen MR) is 51.8 cm³/mol. The van der Waals surface area contributed by atoms with Crippen molar-refractivity contribution in [2.45, 2.75) is 0 Å². The molecule has 0 aliphatic carbocycles. The lowest BCUT2D eigenvalue weighted by atomic mass is 11.2. The van der Waals surface area contributed by atoms with Crippen LogP contribution in [0.3, 0.4) is 0 Å². The van der Waals surface area contributed by atoms with Gasteiger partial charge in [0.25, 0.3) is 0 Å². The van der Waals surface area contributed by atoms with Gasteiger partial charge < -0.3 is 14.4 Å². The summed E-state index contributed by atoms with van der Waals surface area (Å²) in [6, 6.07) is 0. The Hall–Kier alpha value is 0.420. The highest BCUT2D eigenvalue weighted by molar-refractivity contribution is 7.63. The fourth-order valence-corrected chi connectivity index (χ4v) is 2.07. The van der Waals surface area contributed by atoms with Crippen LogP contribution in [-0.4, -0.2) is 39.2 Å². The first-order valence-electron chi connectivity index (χ1n) is 3.49. The van der Waals surface area contributed by atoms with E-state index in [1.807, 2.05) is 0 Å². The van der Waals surface area contributed by atoms with Gasteiger partial charge in [-0.1, -0.05) is 0 Å². The second-order valence-corrected chi connectivity index (χ2v) is 10.6. The zero-order valence-corrected chi connectivity index (χ0v) is 9.41. The van der Waals surface area contributed by atoms with Gasteiger partial charge in [-0.3, -0.25) is 0 Å². The van der Waals surface area contributed by atoms with Gasteiger partial charge in [0.15, 0.2) is 0 Å². The van der Waals surface area contributed by atoms with E-state index in [1.165, 1.54) is 0 Å². The van der Waals surface area contributed by atoms with Gasteiger partial charge >= 0.3 is 0 Å². The normalized spacial score (nSPS) is 13.5. The van der Waals surface area contributed by atoms with Crippen LogP contribution < -0.4 is 5.32 Å². The van der Waals surface area contributed by atoms with Crippen molar-refractivity contribution in [3.63, 3.8) is 0 Å². The summed E-state index contributed by atoms with van der Waals surface area (Å²) in [4.78, 5) is 0. The number of hydrogen-bond donors (Lipinski definition) is 1. The highest BCUT2D eigenvalue weighted by Crippen LogP contribution is 2.37. The molecule has 0 bridgehead atoms. The molecule has 0 radical (unpaired) electrons. The van der Waals surface area contributed by atoms with Crippen LogP contribution in [0, 0.1) is 0 Å². The summed E-state index contributed by atoms with van der Waals surface area (Å²) in [5.74, 6) is 0. The zero-order chi connectivity index (χ0) is 9.12. The third-order valence-electron chi connectivity index (χ3n) is 0.985. The van der Waals surface area contributed by atoms with E-state index in [-0.39, 0.29) is 0 Å². The fourth-order valence-electron chi connectivity index (χ4n) is 0.589. The van der Waals surface area contributed by atoms with E-state index in [1.54, 1.807) is 26.7 Å². The first-order chi connectivity index (χ1) is 4.71. The Morgan fingerprint density at radius 1 is 0.909 bits per heavy atom. The quantitative estimate of drug-likeness (QED) is 0.698. The van der Waals surface area contributed by atoms with Crippen LogP contribution in [0.4, 0.5) is 0 Å². The summed E-state index contributed by atoms with van der Waals surface area (Å²) >= 11 is 0. The van der Waals surface area contributed by atoms with E-state index in [0.717, 1.165) is 0 Å². The van der Waals surface area contributed by atoms with Gasteiger partial charge in [0.05, 0.1) is 14.3 Å². The molecule has 0 unspecified atom stereocenters. The van der Waals surface area contributed by atoms with E-state index in [2.05, 4.69) is 5.32 Å². The van der Waals surface area contributed by atoms with E-state index < -0.39 is 14.3 Å². The summed E-state index contributed by atoms with van der Waals surface area (Å²) in [7, 11) is -3.97. The molecule has 0 aliphatic heterocycles. The topological polar surface area (TPSA) is 46.2 Å². The Balaban J connectivity index is 3.61. The SMILES string of the molecule is CP(C)(=O)CNCP(C)(C)=O. The second kappa shape index (κ2) is 3.89. The monoisotopic (exact) mass is 197 g/mol. The molecular weight excluding hydrogens is 180 g/mol. The first kappa shape index (κ1) is 11.4. The average Bonchev–Trinajstić information content (AvgIpc) is 1.55. The van der Waals surface area contributed by atoms with Crippen LogP contribution in [0.25, 0.3) is 0 Å². The molecule has 3 nitrogen and oxygen atoms in total. The molecular formula is C6H17NO2P2. The Kier molecular flexibility index (Phi) is 4.04. The van der Waals surface area contributed by atoms with E-state index in [4.69, 9.17) is 0 Å². The fraction of sp³-hybridized carbons (Fsp3) is 1.00. The number of rotatable bonds is 4. The van der Waals surface area contributed by atoms with Crippen molar-refractivity contribution >= 4 is 14.3 Å². The summed E-state index contributed by atoms with van der Waals surface area (Å²) < 4.78 is 22.3. The lowest BCUT2D eigenvalue weighted by Gasteiger charge is -2.10. The highest BCUT2D eigenvalue weighted by Gasteiger charge is 2.09. The minimum absolute atomic E-state index is 0.485. The Labute approximate surface area is 68.7 Å². The van der Waals surface area contributed by atoms with Crippen LogP contribution >= 0.6 is 14.3 Å². The molecule has 0 spiro atoms. The van der Waals surface area contributed by atoms with Gasteiger partial charge in [-0.15, -0.1) is 0 Å². The van der Waals surface area contributed by atoms with Crippen molar-refractivity contribution < 1.29 is 9.13 Å². The summed E-state index contributed by atoms with van der Waals surface area (Å²) in [6.45, 7) is 6.87. The molecule has 1 N–H and O–H groups in total. The molecule has 0 aromatic carbocycles. The lowest BCUT2D eigenvalue weighted by Crippen LogP contribution is -2.16. The molecule has 0 rings (SSSR count). The second-order valence-electron chi connectivity index (χ2n) is 3.71. The smallest absolute Gasteiger partial charge is 0.0949 e. The van der Waals surface area contributed by atoms with Crippen molar-refractivity contribution in [1.82, 2.24) is 5.32 Å². The molecule has 68 valence electrons. The van der Waals surface area contributed by atoms with Crippen LogP contribution in [-0.2, 0) is 9.13 Å². The summed E-state index contributed by atoms with van der Waals surface area (Å²) in [6.07, 6.45) is 0.970. The Bertz CT molecular complexity index is 181. The van der Waals surface area contributed by atoms with Gasteiger partial charge in [0.1, 0.15) is 0 Å². The minimum Gasteiger partial charge on any atom is -0.323 e. The van der Waals surface area contributed by atoms with Crippen molar-refractivity contribution in [2.75, 3.05) is 39.2 Å². The molecule has 0 atom stereocenters. The lowest BCUT2D eigenvalue weighted by molar-refractivity contribution is 0.573. The first-order valence-corrected chi connectivity index (χ1v) is 9.07. The van der Waals surface area contributed by atoms with Crippen molar-refractivity contribution in [1.29, 1.82) is 0 Å². The number of nitrogens with one attached hydrogen (secondary N) is 1. The highest BCUT2D eigenvalue weighted by atomic mass is 31.2. The van der Waals surface area contributed by atoms with Gasteiger partial charge in [-0.2, -0.15) is 0 Å². The molecule has 0 saturated heterocycles.